The summed E-state index contributed by atoms with van der Waals surface area (Å²) in [5.41, 5.74) is 8.88. The second-order valence-corrected chi connectivity index (χ2v) is 10.3. The number of hydrogen-bond donors (Lipinski definition) is 3. The first-order chi connectivity index (χ1) is 18.9. The van der Waals surface area contributed by atoms with Gasteiger partial charge in [0.2, 0.25) is 11.8 Å². The van der Waals surface area contributed by atoms with Crippen molar-refractivity contribution in [3.63, 3.8) is 0 Å². The molecule has 0 fully saturated rings. The Morgan fingerprint density at radius 1 is 0.667 bits per heavy atom. The maximum Gasteiger partial charge on any atom is 0.240 e. The maximum absolute atomic E-state index is 14.0. The van der Waals surface area contributed by atoms with Crippen molar-refractivity contribution in [1.29, 1.82) is 0 Å². The van der Waals surface area contributed by atoms with Gasteiger partial charge in [0.25, 0.3) is 0 Å². The third-order valence-corrected chi connectivity index (χ3v) is 6.98. The van der Waals surface area contributed by atoms with Gasteiger partial charge >= 0.3 is 0 Å². The number of hydrogen-bond acceptors (Lipinski definition) is 3. The van der Waals surface area contributed by atoms with Gasteiger partial charge in [-0.15, -0.1) is 0 Å². The third kappa shape index (κ3) is 6.81. The molecule has 4 aromatic rings. The second-order valence-electron chi connectivity index (χ2n) is 10.3. The van der Waals surface area contributed by atoms with E-state index in [1.54, 1.807) is 0 Å². The normalized spacial score (nSPS) is 13.0. The Labute approximate surface area is 231 Å². The lowest BCUT2D eigenvalue weighted by atomic mass is 9.76. The minimum absolute atomic E-state index is 0.195. The van der Waals surface area contributed by atoms with Gasteiger partial charge in [0.1, 0.15) is 6.04 Å². The van der Waals surface area contributed by atoms with Gasteiger partial charge in [-0.2, -0.15) is 0 Å². The lowest BCUT2D eigenvalue weighted by Gasteiger charge is -2.40. The van der Waals surface area contributed by atoms with Crippen molar-refractivity contribution in [3.8, 4) is 0 Å². The zero-order valence-electron chi connectivity index (χ0n) is 22.6. The molecule has 0 aliphatic rings. The molecule has 0 aromatic heterocycles. The summed E-state index contributed by atoms with van der Waals surface area (Å²) in [7, 11) is 0. The molecule has 4 N–H and O–H groups in total. The van der Waals surface area contributed by atoms with Crippen molar-refractivity contribution in [2.24, 2.45) is 11.7 Å². The first-order valence-corrected chi connectivity index (χ1v) is 13.5. The van der Waals surface area contributed by atoms with Crippen molar-refractivity contribution < 1.29 is 9.59 Å². The molecule has 5 heteroatoms. The average Bonchev–Trinajstić information content (AvgIpc) is 2.96. The van der Waals surface area contributed by atoms with Crippen LogP contribution in [-0.4, -0.2) is 23.9 Å². The van der Waals surface area contributed by atoms with E-state index in [0.717, 1.165) is 22.3 Å². The van der Waals surface area contributed by atoms with Crippen molar-refractivity contribution in [2.45, 2.75) is 44.3 Å². The van der Waals surface area contributed by atoms with E-state index in [2.05, 4.69) is 47.0 Å². The van der Waals surface area contributed by atoms with Gasteiger partial charge in [-0.25, -0.2) is 0 Å². The van der Waals surface area contributed by atoms with Crippen LogP contribution in [0.5, 0.6) is 0 Å². The van der Waals surface area contributed by atoms with Crippen molar-refractivity contribution in [2.75, 3.05) is 0 Å². The summed E-state index contributed by atoms with van der Waals surface area (Å²) in [5.74, 6) is -0.605. The lowest BCUT2D eigenvalue weighted by Crippen LogP contribution is -2.58. The molecule has 0 aliphatic heterocycles. The third-order valence-electron chi connectivity index (χ3n) is 6.98. The summed E-state index contributed by atoms with van der Waals surface area (Å²) >= 11 is 0. The van der Waals surface area contributed by atoms with Gasteiger partial charge in [-0.1, -0.05) is 135 Å². The second kappa shape index (κ2) is 13.0. The summed E-state index contributed by atoms with van der Waals surface area (Å²) in [6.07, 6.45) is 0.897. The topological polar surface area (TPSA) is 84.2 Å². The molecular formula is C34H37N3O2. The standard InChI is InChI=1S/C34H37N3O2/c1-25(2)23-30(32(35)38)36-33(39)31(24-26-15-7-3-8-16-26)37-34(27-17-9-4-10-18-27,28-19-11-5-12-20-28)29-21-13-6-14-22-29/h3-22,25,30-31,37H,23-24H2,1-2H3,(H2,35,38)(H,36,39)/t30-,31+/m0/s1. The van der Waals surface area contributed by atoms with Crippen molar-refractivity contribution in [3.05, 3.63) is 144 Å². The molecule has 0 heterocycles. The number of amides is 2. The fourth-order valence-corrected chi connectivity index (χ4v) is 5.12. The van der Waals surface area contributed by atoms with Crippen LogP contribution in [0.15, 0.2) is 121 Å². The van der Waals surface area contributed by atoms with E-state index >= 15 is 0 Å². The maximum atomic E-state index is 14.0. The first kappa shape index (κ1) is 27.8. The predicted octanol–water partition coefficient (Wildman–Crippen LogP) is 5.20. The molecular weight excluding hydrogens is 482 g/mol. The molecule has 0 spiro atoms. The molecule has 0 saturated carbocycles. The van der Waals surface area contributed by atoms with E-state index in [-0.39, 0.29) is 11.8 Å². The summed E-state index contributed by atoms with van der Waals surface area (Å²) in [6.45, 7) is 4.01. The Morgan fingerprint density at radius 2 is 1.08 bits per heavy atom. The molecule has 4 rings (SSSR count). The van der Waals surface area contributed by atoms with E-state index < -0.39 is 23.5 Å². The van der Waals surface area contributed by atoms with Gasteiger partial charge in [-0.3, -0.25) is 14.9 Å². The molecule has 0 bridgehead atoms. The molecule has 39 heavy (non-hydrogen) atoms. The highest BCUT2D eigenvalue weighted by atomic mass is 16.2. The summed E-state index contributed by atoms with van der Waals surface area (Å²) in [4.78, 5) is 26.3. The molecule has 0 aliphatic carbocycles. The van der Waals surface area contributed by atoms with Crippen LogP contribution in [0.3, 0.4) is 0 Å². The molecule has 5 nitrogen and oxygen atoms in total. The predicted molar refractivity (Wildman–Crippen MR) is 157 cm³/mol. The van der Waals surface area contributed by atoms with Gasteiger partial charge < -0.3 is 11.1 Å². The number of primary amides is 1. The largest absolute Gasteiger partial charge is 0.368 e. The molecule has 0 saturated heterocycles. The van der Waals surface area contributed by atoms with Gasteiger partial charge in [0, 0.05) is 0 Å². The van der Waals surface area contributed by atoms with Crippen LogP contribution >= 0.6 is 0 Å². The molecule has 2 atom stereocenters. The first-order valence-electron chi connectivity index (χ1n) is 13.5. The van der Waals surface area contributed by atoms with Crippen molar-refractivity contribution in [1.82, 2.24) is 10.6 Å². The van der Waals surface area contributed by atoms with Crippen molar-refractivity contribution >= 4 is 11.8 Å². The number of rotatable bonds is 12. The fraction of sp³-hybridized carbons (Fsp3) is 0.235. The number of carbonyl (C=O) groups is 2. The van der Waals surface area contributed by atoms with Crippen LogP contribution in [0.25, 0.3) is 0 Å². The Bertz CT molecular complexity index is 1230. The molecule has 0 radical (unpaired) electrons. The molecule has 0 unspecified atom stereocenters. The van der Waals surface area contributed by atoms with Crippen LogP contribution in [0.4, 0.5) is 0 Å². The summed E-state index contributed by atoms with van der Waals surface area (Å²) in [6, 6.07) is 39.0. The molecule has 200 valence electrons. The Hall–Kier alpha value is -4.22. The zero-order valence-corrected chi connectivity index (χ0v) is 22.6. The fourth-order valence-electron chi connectivity index (χ4n) is 5.12. The quantitative estimate of drug-likeness (QED) is 0.225. The van der Waals surface area contributed by atoms with Gasteiger partial charge in [0.15, 0.2) is 0 Å². The van der Waals surface area contributed by atoms with Crippen LogP contribution in [0.2, 0.25) is 0 Å². The van der Waals surface area contributed by atoms with E-state index in [4.69, 9.17) is 5.73 Å². The Morgan fingerprint density at radius 3 is 1.46 bits per heavy atom. The van der Waals surface area contributed by atoms with Crippen LogP contribution in [0, 0.1) is 5.92 Å². The summed E-state index contributed by atoms with van der Waals surface area (Å²) in [5, 5.41) is 6.77. The monoisotopic (exact) mass is 519 g/mol. The average molecular weight is 520 g/mol. The minimum Gasteiger partial charge on any atom is -0.368 e. The highest BCUT2D eigenvalue weighted by molar-refractivity contribution is 5.89. The van der Waals surface area contributed by atoms with Crippen LogP contribution < -0.4 is 16.4 Å². The zero-order chi connectivity index (χ0) is 27.7. The van der Waals surface area contributed by atoms with Crippen LogP contribution in [0.1, 0.15) is 42.5 Å². The van der Waals surface area contributed by atoms with Gasteiger partial charge in [0.05, 0.1) is 11.6 Å². The number of nitrogens with one attached hydrogen (secondary N) is 2. The SMILES string of the molecule is CC(C)C[C@H](NC(=O)[C@@H](Cc1ccccc1)NC(c1ccccc1)(c1ccccc1)c1ccccc1)C(N)=O. The minimum atomic E-state index is -0.846. The number of nitrogens with two attached hydrogens (primary N) is 1. The van der Waals surface area contributed by atoms with Crippen LogP contribution in [-0.2, 0) is 21.5 Å². The Kier molecular flexibility index (Phi) is 9.29. The highest BCUT2D eigenvalue weighted by Gasteiger charge is 2.40. The molecule has 4 aromatic carbocycles. The molecule has 2 amide bonds. The van der Waals surface area contributed by atoms with Gasteiger partial charge in [-0.05, 0) is 41.0 Å². The summed E-state index contributed by atoms with van der Waals surface area (Å²) < 4.78 is 0. The Balaban J connectivity index is 1.86. The van der Waals surface area contributed by atoms with E-state index in [1.807, 2.05) is 98.8 Å². The van der Waals surface area contributed by atoms with E-state index in [0.29, 0.717) is 12.8 Å². The number of carbonyl (C=O) groups excluding carboxylic acids is 2. The smallest absolute Gasteiger partial charge is 0.240 e. The number of benzene rings is 4. The van der Waals surface area contributed by atoms with E-state index in [9.17, 15) is 9.59 Å². The lowest BCUT2D eigenvalue weighted by molar-refractivity contribution is -0.129. The highest BCUT2D eigenvalue weighted by Crippen LogP contribution is 2.37. The van der Waals surface area contributed by atoms with E-state index in [1.165, 1.54) is 0 Å².